The number of carbonyl (C=O) groups is 1. The van der Waals surface area contributed by atoms with Gasteiger partial charge in [0.25, 0.3) is 0 Å². The maximum absolute atomic E-state index is 12.3. The Balaban J connectivity index is 1.16. The molecule has 0 spiro atoms. The van der Waals surface area contributed by atoms with Crippen molar-refractivity contribution in [3.05, 3.63) is 89.5 Å². The molecule has 0 radical (unpaired) electrons. The summed E-state index contributed by atoms with van der Waals surface area (Å²) in [5.41, 5.74) is 7.04. The number of fused-ring (bicyclic) bond motifs is 3. The summed E-state index contributed by atoms with van der Waals surface area (Å²) in [4.78, 5) is 14.6. The highest BCUT2D eigenvalue weighted by Crippen LogP contribution is 2.44. The van der Waals surface area contributed by atoms with Crippen LogP contribution in [0.15, 0.2) is 72.8 Å². The molecule has 1 N–H and O–H groups in total. The molecule has 2 aliphatic rings. The van der Waals surface area contributed by atoms with Gasteiger partial charge in [0, 0.05) is 30.3 Å². The molecule has 1 fully saturated rings. The Morgan fingerprint density at radius 1 is 0.938 bits per heavy atom. The van der Waals surface area contributed by atoms with Crippen LogP contribution in [0.2, 0.25) is 0 Å². The summed E-state index contributed by atoms with van der Waals surface area (Å²) in [6.07, 6.45) is 2.06. The number of carbonyl (C=O) groups excluding carboxylic acids is 1. The van der Waals surface area contributed by atoms with Gasteiger partial charge >= 0.3 is 6.09 Å². The largest absolute Gasteiger partial charge is 0.449 e. The molecule has 0 saturated carbocycles. The highest BCUT2D eigenvalue weighted by molar-refractivity contribution is 5.79. The van der Waals surface area contributed by atoms with Crippen LogP contribution < -0.4 is 10.2 Å². The molecule has 3 aromatic rings. The number of nitrogens with one attached hydrogen (secondary N) is 1. The Bertz CT molecular complexity index is 1140. The van der Waals surface area contributed by atoms with Crippen molar-refractivity contribution in [2.24, 2.45) is 0 Å². The molecule has 32 heavy (non-hydrogen) atoms. The van der Waals surface area contributed by atoms with Gasteiger partial charge in [-0.05, 0) is 53.3 Å². The van der Waals surface area contributed by atoms with Gasteiger partial charge in [-0.25, -0.2) is 4.79 Å². The first kappa shape index (κ1) is 20.2. The first-order chi connectivity index (χ1) is 15.8. The zero-order chi connectivity index (χ0) is 21.8. The smallest absolute Gasteiger partial charge is 0.407 e. The van der Waals surface area contributed by atoms with Crippen molar-refractivity contribution >= 4 is 11.8 Å². The Labute approximate surface area is 189 Å². The molecule has 4 nitrogen and oxygen atoms in total. The van der Waals surface area contributed by atoms with E-state index in [1.807, 2.05) is 36.4 Å². The maximum Gasteiger partial charge on any atom is 0.407 e. The number of hydrogen-bond acceptors (Lipinski definition) is 3. The van der Waals surface area contributed by atoms with Crippen LogP contribution in [0.4, 0.5) is 10.5 Å². The van der Waals surface area contributed by atoms with E-state index in [1.54, 1.807) is 0 Å². The fraction of sp³-hybridized carbons (Fsp3) is 0.250. The fourth-order valence-corrected chi connectivity index (χ4v) is 4.67. The second kappa shape index (κ2) is 9.20. The lowest BCUT2D eigenvalue weighted by atomic mass is 9.98. The van der Waals surface area contributed by atoms with E-state index in [2.05, 4.69) is 58.5 Å². The monoisotopic (exact) mass is 422 g/mol. The summed E-state index contributed by atoms with van der Waals surface area (Å²) in [6, 6.07) is 24.9. The van der Waals surface area contributed by atoms with Crippen LogP contribution in [0.1, 0.15) is 35.4 Å². The van der Waals surface area contributed by atoms with Crippen molar-refractivity contribution < 1.29 is 9.53 Å². The summed E-state index contributed by atoms with van der Waals surface area (Å²) < 4.78 is 5.55. The first-order valence-electron chi connectivity index (χ1n) is 11.2. The van der Waals surface area contributed by atoms with E-state index in [1.165, 1.54) is 40.8 Å². The minimum Gasteiger partial charge on any atom is -0.449 e. The standard InChI is InChI=1S/C28H26N2O2/c31-28(29-16-8-10-21-9-7-11-22(19-21)30-17-5-6-18-30)32-20-27-25-14-3-1-12-23(25)24-13-2-4-15-26(24)27/h1-4,7,9,11-15,19,27H,5-6,16-18,20H2,(H,29,31). The van der Waals surface area contributed by atoms with Gasteiger partial charge in [0.15, 0.2) is 0 Å². The predicted molar refractivity (Wildman–Crippen MR) is 128 cm³/mol. The lowest BCUT2D eigenvalue weighted by Gasteiger charge is -2.17. The van der Waals surface area contributed by atoms with Gasteiger partial charge < -0.3 is 15.0 Å². The fourth-order valence-electron chi connectivity index (χ4n) is 4.67. The summed E-state index contributed by atoms with van der Waals surface area (Å²) in [7, 11) is 0. The molecule has 1 aliphatic carbocycles. The van der Waals surface area contributed by atoms with Crippen LogP contribution in [0.5, 0.6) is 0 Å². The van der Waals surface area contributed by atoms with Gasteiger partial charge in [-0.15, -0.1) is 0 Å². The van der Waals surface area contributed by atoms with Crippen LogP contribution in [0, 0.1) is 11.8 Å². The van der Waals surface area contributed by atoms with E-state index in [0.717, 1.165) is 18.7 Å². The van der Waals surface area contributed by atoms with Crippen molar-refractivity contribution in [3.8, 4) is 23.0 Å². The van der Waals surface area contributed by atoms with Crippen molar-refractivity contribution in [1.29, 1.82) is 0 Å². The zero-order valence-corrected chi connectivity index (χ0v) is 18.0. The Hall–Kier alpha value is -3.71. The number of anilines is 1. The summed E-state index contributed by atoms with van der Waals surface area (Å²) in [6.45, 7) is 2.79. The number of amides is 1. The molecule has 5 rings (SSSR count). The minimum absolute atomic E-state index is 0.0626. The topological polar surface area (TPSA) is 41.6 Å². The quantitative estimate of drug-likeness (QED) is 0.589. The van der Waals surface area contributed by atoms with Gasteiger partial charge in [0.2, 0.25) is 0 Å². The minimum atomic E-state index is -0.438. The zero-order valence-electron chi connectivity index (χ0n) is 18.0. The number of nitrogens with zero attached hydrogens (tertiary/aromatic N) is 1. The van der Waals surface area contributed by atoms with E-state index in [4.69, 9.17) is 4.74 Å². The molecule has 3 aromatic carbocycles. The summed E-state index contributed by atoms with van der Waals surface area (Å²) in [5, 5.41) is 2.75. The van der Waals surface area contributed by atoms with Crippen LogP contribution in [0.25, 0.3) is 11.1 Å². The lowest BCUT2D eigenvalue weighted by Crippen LogP contribution is -2.26. The van der Waals surface area contributed by atoms with Crippen molar-refractivity contribution in [2.45, 2.75) is 18.8 Å². The van der Waals surface area contributed by atoms with Gasteiger partial charge in [0.1, 0.15) is 6.61 Å². The molecule has 1 amide bonds. The second-order valence-electron chi connectivity index (χ2n) is 8.23. The maximum atomic E-state index is 12.3. The van der Waals surface area contributed by atoms with Crippen LogP contribution in [0.3, 0.4) is 0 Å². The van der Waals surface area contributed by atoms with Gasteiger partial charge in [0.05, 0.1) is 6.54 Å². The number of alkyl carbamates (subject to hydrolysis) is 1. The molecular formula is C28H26N2O2. The molecule has 1 saturated heterocycles. The predicted octanol–water partition coefficient (Wildman–Crippen LogP) is 5.18. The second-order valence-corrected chi connectivity index (χ2v) is 8.23. The molecule has 1 heterocycles. The van der Waals surface area contributed by atoms with Gasteiger partial charge in [-0.2, -0.15) is 0 Å². The summed E-state index contributed by atoms with van der Waals surface area (Å²) in [5.74, 6) is 6.23. The lowest BCUT2D eigenvalue weighted by molar-refractivity contribution is 0.144. The number of hydrogen-bond donors (Lipinski definition) is 1. The molecule has 0 atom stereocenters. The van der Waals surface area contributed by atoms with E-state index in [9.17, 15) is 4.79 Å². The third kappa shape index (κ3) is 4.20. The molecule has 1 aliphatic heterocycles. The molecule has 160 valence electrons. The summed E-state index contributed by atoms with van der Waals surface area (Å²) >= 11 is 0. The third-order valence-corrected chi connectivity index (χ3v) is 6.21. The molecule has 0 aromatic heterocycles. The number of benzene rings is 3. The number of rotatable bonds is 4. The van der Waals surface area contributed by atoms with Gasteiger partial charge in [-0.1, -0.05) is 66.4 Å². The molecule has 0 bridgehead atoms. The average molecular weight is 423 g/mol. The average Bonchev–Trinajstić information content (AvgIpc) is 3.48. The van der Waals surface area contributed by atoms with Crippen LogP contribution >= 0.6 is 0 Å². The van der Waals surface area contributed by atoms with Crippen molar-refractivity contribution in [2.75, 3.05) is 31.1 Å². The van der Waals surface area contributed by atoms with Crippen molar-refractivity contribution in [3.63, 3.8) is 0 Å². The van der Waals surface area contributed by atoms with Crippen LogP contribution in [-0.4, -0.2) is 32.3 Å². The Morgan fingerprint density at radius 2 is 1.62 bits per heavy atom. The molecule has 0 unspecified atom stereocenters. The Morgan fingerprint density at radius 3 is 2.34 bits per heavy atom. The SMILES string of the molecule is O=C(NCC#Cc1cccc(N2CCCC2)c1)OCC1c2ccccc2-c2ccccc21. The van der Waals surface area contributed by atoms with Gasteiger partial charge in [-0.3, -0.25) is 0 Å². The van der Waals surface area contributed by atoms with E-state index < -0.39 is 6.09 Å². The normalized spacial score (nSPS) is 14.3. The highest BCUT2D eigenvalue weighted by Gasteiger charge is 2.28. The number of ether oxygens (including phenoxy) is 1. The first-order valence-corrected chi connectivity index (χ1v) is 11.2. The van der Waals surface area contributed by atoms with Crippen LogP contribution in [-0.2, 0) is 4.74 Å². The van der Waals surface area contributed by atoms with E-state index in [0.29, 0.717) is 6.61 Å². The Kier molecular flexibility index (Phi) is 5.81. The molecular weight excluding hydrogens is 396 g/mol. The third-order valence-electron chi connectivity index (χ3n) is 6.21. The van der Waals surface area contributed by atoms with E-state index >= 15 is 0 Å². The highest BCUT2D eigenvalue weighted by atomic mass is 16.5. The van der Waals surface area contributed by atoms with Crippen molar-refractivity contribution in [1.82, 2.24) is 5.32 Å². The molecule has 4 heteroatoms. The van der Waals surface area contributed by atoms with E-state index in [-0.39, 0.29) is 12.5 Å².